The fourth-order valence-corrected chi connectivity index (χ4v) is 12.1. The summed E-state index contributed by atoms with van der Waals surface area (Å²) < 4.78 is 0. The first-order valence-electron chi connectivity index (χ1n) is 23.1. The molecule has 0 N–H and O–H groups in total. The lowest BCUT2D eigenvalue weighted by atomic mass is 9.80. The first kappa shape index (κ1) is 35.8. The third-order valence-electron chi connectivity index (χ3n) is 14.9. The average Bonchev–Trinajstić information content (AvgIpc) is 3.71. The third-order valence-corrected chi connectivity index (χ3v) is 14.9. The molecule has 0 heterocycles. The van der Waals surface area contributed by atoms with Crippen molar-refractivity contribution in [1.29, 1.82) is 0 Å². The van der Waals surface area contributed by atoms with Crippen LogP contribution in [0.3, 0.4) is 0 Å². The third kappa shape index (κ3) is 4.88. The number of benzene rings is 14. The lowest BCUT2D eigenvalue weighted by molar-refractivity contribution is 1.61. The number of rotatable bonds is 4. The number of hydrogen-bond donors (Lipinski definition) is 0. The lowest BCUT2D eigenvalue weighted by Crippen LogP contribution is -1.95. The van der Waals surface area contributed by atoms with E-state index in [0.29, 0.717) is 0 Å². The summed E-state index contributed by atoms with van der Waals surface area (Å²) >= 11 is 0. The van der Waals surface area contributed by atoms with Crippen molar-refractivity contribution in [2.24, 2.45) is 0 Å². The molecule has 0 nitrogen and oxygen atoms in total. The van der Waals surface area contributed by atoms with Gasteiger partial charge in [-0.25, -0.2) is 0 Å². The second-order valence-corrected chi connectivity index (χ2v) is 18.2. The van der Waals surface area contributed by atoms with E-state index in [1.54, 1.807) is 0 Å². The van der Waals surface area contributed by atoms with Gasteiger partial charge in [0.2, 0.25) is 0 Å². The minimum Gasteiger partial charge on any atom is -0.0622 e. The van der Waals surface area contributed by atoms with Crippen LogP contribution < -0.4 is 0 Å². The van der Waals surface area contributed by atoms with Gasteiger partial charge in [0.15, 0.2) is 0 Å². The number of fused-ring (bicyclic) bond motifs is 12. The van der Waals surface area contributed by atoms with E-state index < -0.39 is 0 Å². The van der Waals surface area contributed by atoms with Crippen molar-refractivity contribution in [1.82, 2.24) is 0 Å². The maximum absolute atomic E-state index is 2.56. The van der Waals surface area contributed by atoms with Gasteiger partial charge in [-0.05, 0) is 165 Å². The summed E-state index contributed by atoms with van der Waals surface area (Å²) in [7, 11) is 0. The van der Waals surface area contributed by atoms with Crippen molar-refractivity contribution in [3.8, 4) is 66.8 Å². The van der Waals surface area contributed by atoms with Crippen molar-refractivity contribution in [3.63, 3.8) is 0 Å². The van der Waals surface area contributed by atoms with E-state index >= 15 is 0 Å². The van der Waals surface area contributed by atoms with Gasteiger partial charge in [0.1, 0.15) is 0 Å². The highest BCUT2D eigenvalue weighted by Gasteiger charge is 2.29. The van der Waals surface area contributed by atoms with E-state index in [2.05, 4.69) is 231 Å². The zero-order chi connectivity index (χ0) is 43.0. The van der Waals surface area contributed by atoms with Crippen LogP contribution in [-0.2, 0) is 0 Å². The molecule has 66 heavy (non-hydrogen) atoms. The molecule has 0 aromatic heterocycles. The lowest BCUT2D eigenvalue weighted by Gasteiger charge is -2.23. The van der Waals surface area contributed by atoms with E-state index in [1.165, 1.54) is 153 Å². The molecule has 0 amide bonds. The van der Waals surface area contributed by atoms with E-state index in [-0.39, 0.29) is 0 Å². The predicted octanol–water partition coefficient (Wildman–Crippen LogP) is 18.7. The van der Waals surface area contributed by atoms with Crippen LogP contribution in [0.15, 0.2) is 231 Å². The molecule has 0 unspecified atom stereocenters. The molecule has 0 aliphatic heterocycles. The predicted molar refractivity (Wildman–Crippen MR) is 284 cm³/mol. The minimum absolute atomic E-state index is 1.21. The topological polar surface area (TPSA) is 0 Å². The van der Waals surface area contributed by atoms with E-state index in [1.807, 2.05) is 0 Å². The Balaban J connectivity index is 1.12. The summed E-state index contributed by atoms with van der Waals surface area (Å²) in [5, 5.41) is 20.9. The zero-order valence-electron chi connectivity index (χ0n) is 35.9. The van der Waals surface area contributed by atoms with E-state index in [9.17, 15) is 0 Å². The summed E-state index contributed by atoms with van der Waals surface area (Å²) in [5.74, 6) is 0. The molecule has 0 saturated heterocycles. The molecule has 302 valence electrons. The monoisotopic (exact) mass is 830 g/mol. The van der Waals surface area contributed by atoms with Crippen LogP contribution >= 0.6 is 0 Å². The Labute approximate surface area is 381 Å². The molecular weight excluding hydrogens is 793 g/mol. The summed E-state index contributed by atoms with van der Waals surface area (Å²) in [6.07, 6.45) is 0. The molecule has 0 radical (unpaired) electrons. The van der Waals surface area contributed by atoms with Gasteiger partial charge in [-0.1, -0.05) is 218 Å². The quantitative estimate of drug-likeness (QED) is 0.122. The van der Waals surface area contributed by atoms with Gasteiger partial charge in [0.25, 0.3) is 0 Å². The van der Waals surface area contributed by atoms with E-state index in [4.69, 9.17) is 0 Å². The van der Waals surface area contributed by atoms with Crippen molar-refractivity contribution >= 4 is 86.2 Å². The fraction of sp³-hybridized carbons (Fsp3) is 0. The highest BCUT2D eigenvalue weighted by Crippen LogP contribution is 2.56. The smallest absolute Gasteiger partial charge is 0.000763 e. The van der Waals surface area contributed by atoms with Gasteiger partial charge >= 0.3 is 0 Å². The standard InChI is InChI=1S/C66H38/c1-3-13-39(14-4-1)41-25-29-44(30-26-41)61-58-37-56-54-35-33-52-50-23-11-17-43-18-12-24-51(60(43)50)53-34-36-55(64(54)63(52)53)57(56)38-59(58)62(45-31-27-42(28-32-45)40-15-5-2-6-16-40)66-49-22-10-8-20-47(49)46-19-7-9-21-48(46)65(61)66/h1-38H. The van der Waals surface area contributed by atoms with Crippen LogP contribution in [0.2, 0.25) is 0 Å². The highest BCUT2D eigenvalue weighted by molar-refractivity contribution is 6.40. The van der Waals surface area contributed by atoms with Crippen molar-refractivity contribution in [3.05, 3.63) is 231 Å². The molecule has 1 aliphatic rings. The van der Waals surface area contributed by atoms with Gasteiger partial charge in [0, 0.05) is 0 Å². The summed E-state index contributed by atoms with van der Waals surface area (Å²) in [6, 6.07) is 86.7. The molecule has 0 spiro atoms. The van der Waals surface area contributed by atoms with Crippen LogP contribution in [-0.4, -0.2) is 0 Å². The first-order chi connectivity index (χ1) is 32.8. The van der Waals surface area contributed by atoms with Crippen LogP contribution in [0, 0.1) is 0 Å². The van der Waals surface area contributed by atoms with Gasteiger partial charge in [-0.15, -0.1) is 0 Å². The minimum atomic E-state index is 1.21. The molecule has 15 rings (SSSR count). The zero-order valence-corrected chi connectivity index (χ0v) is 35.9. The SMILES string of the molecule is c1ccc(-c2ccc(-c3c4cc5c(cc4c(-c4ccc(-c6ccccc6)cc4)c4c6ccccc6c6ccccc6c34)-c3ccc4c6cccc7cccc(c8ccc-5c3c84)c76)cc2)cc1. The largest absolute Gasteiger partial charge is 0.0622 e. The second-order valence-electron chi connectivity index (χ2n) is 18.2. The maximum Gasteiger partial charge on any atom is -0.000763 e. The molecule has 1 aliphatic carbocycles. The van der Waals surface area contributed by atoms with Gasteiger partial charge in [-0.2, -0.15) is 0 Å². The Kier molecular flexibility index (Phi) is 7.31. The van der Waals surface area contributed by atoms with Crippen LogP contribution in [0.25, 0.3) is 153 Å². The van der Waals surface area contributed by atoms with Crippen LogP contribution in [0.5, 0.6) is 0 Å². The summed E-state index contributed by atoms with van der Waals surface area (Å²) in [4.78, 5) is 0. The van der Waals surface area contributed by atoms with Crippen molar-refractivity contribution in [2.75, 3.05) is 0 Å². The Morgan fingerprint density at radius 1 is 0.167 bits per heavy atom. The summed E-state index contributed by atoms with van der Waals surface area (Å²) in [5.41, 5.74) is 15.1. The molecule has 0 fully saturated rings. The van der Waals surface area contributed by atoms with Gasteiger partial charge in [-0.3, -0.25) is 0 Å². The van der Waals surface area contributed by atoms with E-state index in [0.717, 1.165) is 0 Å². The normalized spacial score (nSPS) is 12.2. The Bertz CT molecular complexity index is 4060. The summed E-state index contributed by atoms with van der Waals surface area (Å²) in [6.45, 7) is 0. The highest BCUT2D eigenvalue weighted by atomic mass is 14.3. The molecular formula is C66H38. The fourth-order valence-electron chi connectivity index (χ4n) is 12.1. The van der Waals surface area contributed by atoms with Crippen molar-refractivity contribution in [2.45, 2.75) is 0 Å². The Morgan fingerprint density at radius 2 is 0.515 bits per heavy atom. The van der Waals surface area contributed by atoms with Gasteiger partial charge < -0.3 is 0 Å². The second kappa shape index (κ2) is 13.5. The first-order valence-corrected chi connectivity index (χ1v) is 23.1. The van der Waals surface area contributed by atoms with Crippen molar-refractivity contribution < 1.29 is 0 Å². The molecule has 14 aromatic carbocycles. The molecule has 14 aromatic rings. The Hall–Kier alpha value is -8.58. The maximum atomic E-state index is 2.56. The Morgan fingerprint density at radius 3 is 0.970 bits per heavy atom. The number of hydrogen-bond acceptors (Lipinski definition) is 0. The molecule has 0 heteroatoms. The van der Waals surface area contributed by atoms with Gasteiger partial charge in [0.05, 0.1) is 0 Å². The van der Waals surface area contributed by atoms with Crippen LogP contribution in [0.1, 0.15) is 0 Å². The average molecular weight is 831 g/mol. The molecule has 0 atom stereocenters. The van der Waals surface area contributed by atoms with Crippen LogP contribution in [0.4, 0.5) is 0 Å². The molecule has 0 saturated carbocycles. The molecule has 0 bridgehead atoms.